The number of benzene rings is 1. The average Bonchev–Trinajstić information content (AvgIpc) is 2.29. The van der Waals surface area contributed by atoms with Gasteiger partial charge in [0.25, 0.3) is 0 Å². The summed E-state index contributed by atoms with van der Waals surface area (Å²) in [4.78, 5) is 0. The molecule has 1 rings (SSSR count). The van der Waals surface area contributed by atoms with Crippen LogP contribution in [-0.2, 0) is 11.8 Å². The van der Waals surface area contributed by atoms with Crippen molar-refractivity contribution in [1.29, 1.82) is 0 Å². The van der Waals surface area contributed by atoms with Crippen LogP contribution in [0.4, 0.5) is 5.69 Å². The van der Waals surface area contributed by atoms with Gasteiger partial charge in [0.2, 0.25) is 0 Å². The molecule has 0 atom stereocenters. The first-order chi connectivity index (χ1) is 8.31. The third-order valence-electron chi connectivity index (χ3n) is 3.00. The highest BCUT2D eigenvalue weighted by Gasteiger charge is 2.34. The Morgan fingerprint density at radius 3 is 1.89 bits per heavy atom. The largest absolute Gasteiger partial charge is 0.376 e. The Hall–Kier alpha value is -0.440. The Morgan fingerprint density at radius 2 is 1.56 bits per heavy atom. The zero-order valence-electron chi connectivity index (χ0n) is 11.3. The van der Waals surface area contributed by atoms with Gasteiger partial charge in [-0.1, -0.05) is 57.7 Å². The molecule has 1 aromatic rings. The third-order valence-corrected chi connectivity index (χ3v) is 10.4. The summed E-state index contributed by atoms with van der Waals surface area (Å²) in [6.45, 7) is 8.65. The summed E-state index contributed by atoms with van der Waals surface area (Å²) in [7, 11) is 0. The zero-order valence-corrected chi connectivity index (χ0v) is 13.9. The molecule has 2 N–H and O–H groups in total. The first kappa shape index (κ1) is 15.6. The molecule has 0 aliphatic heterocycles. The summed E-state index contributed by atoms with van der Waals surface area (Å²) in [5.74, 6) is 0. The number of nitrogens with two attached hydrogens (primary N) is 1. The van der Waals surface area contributed by atoms with Gasteiger partial charge in [0, 0.05) is 23.2 Å². The first-order valence-electron chi connectivity index (χ1n) is 6.06. The van der Waals surface area contributed by atoms with E-state index in [1.54, 1.807) is 0 Å². The highest BCUT2D eigenvalue weighted by Crippen LogP contribution is 2.59. The van der Waals surface area contributed by atoms with Crippen LogP contribution in [0.25, 0.3) is 0 Å². The zero-order chi connectivity index (χ0) is 13.9. The average molecular weight is 300 g/mol. The summed E-state index contributed by atoms with van der Waals surface area (Å²) in [6, 6.07) is 9.99. The van der Waals surface area contributed by atoms with E-state index in [-0.39, 0.29) is 0 Å². The lowest BCUT2D eigenvalue weighted by Crippen LogP contribution is -2.37. The van der Waals surface area contributed by atoms with Crippen LogP contribution in [0.5, 0.6) is 0 Å². The lowest BCUT2D eigenvalue weighted by molar-refractivity contribution is 0.998. The monoisotopic (exact) mass is 300 g/mol. The molecule has 0 aliphatic rings. The molecule has 18 heavy (non-hydrogen) atoms. The molecule has 0 aliphatic carbocycles. The van der Waals surface area contributed by atoms with Gasteiger partial charge in [-0.15, -0.1) is 0 Å². The van der Waals surface area contributed by atoms with Crippen molar-refractivity contribution in [3.8, 4) is 0 Å². The predicted molar refractivity (Wildman–Crippen MR) is 90.3 cm³/mol. The van der Waals surface area contributed by atoms with Crippen LogP contribution in [0.2, 0.25) is 0 Å². The minimum atomic E-state index is -1.85. The van der Waals surface area contributed by atoms with Crippen LogP contribution >= 0.6 is 18.4 Å². The maximum atomic E-state index is 6.00. The second kappa shape index (κ2) is 6.14. The molecule has 100 valence electrons. The van der Waals surface area contributed by atoms with Gasteiger partial charge in [-0.25, -0.2) is 0 Å². The summed E-state index contributed by atoms with van der Waals surface area (Å²) in [5.41, 5.74) is 7.70. The highest BCUT2D eigenvalue weighted by molar-refractivity contribution is 8.16. The van der Waals surface area contributed by atoms with E-state index < -0.39 is 6.19 Å². The van der Waals surface area contributed by atoms with Gasteiger partial charge in [0.15, 0.2) is 5.11 Å². The molecule has 0 bridgehead atoms. The minimum absolute atomic E-state index is 0.370. The second-order valence-electron chi connectivity index (χ2n) is 4.85. The van der Waals surface area contributed by atoms with E-state index in [0.29, 0.717) is 16.4 Å². The Bertz CT molecular complexity index is 445. The Balaban J connectivity index is 3.37. The highest BCUT2D eigenvalue weighted by atomic mass is 32.4. The summed E-state index contributed by atoms with van der Waals surface area (Å²) < 4.78 is 2.02. The molecule has 0 fully saturated rings. The fourth-order valence-corrected chi connectivity index (χ4v) is 6.22. The number of nitrogens with zero attached hydrogens (tertiary/aromatic N) is 1. The van der Waals surface area contributed by atoms with E-state index in [1.165, 1.54) is 0 Å². The number of rotatable bonds is 4. The Kier molecular flexibility index (Phi) is 5.32. The van der Waals surface area contributed by atoms with Gasteiger partial charge < -0.3 is 5.73 Å². The van der Waals surface area contributed by atoms with Crippen LogP contribution in [0.15, 0.2) is 30.3 Å². The van der Waals surface area contributed by atoms with Gasteiger partial charge in [-0.2, -0.15) is 0 Å². The molecular weight excluding hydrogens is 279 g/mol. The van der Waals surface area contributed by atoms with Crippen molar-refractivity contribution in [3.63, 3.8) is 0 Å². The lowest BCUT2D eigenvalue weighted by atomic mass is 10.3. The topological polar surface area (TPSA) is 29.3 Å². The SMILES string of the molecule is CC(C)P(=S)(C(C)C)N(C(N)=S)c1ccccc1. The molecule has 0 unspecified atom stereocenters. The predicted octanol–water partition coefficient (Wildman–Crippen LogP) is 3.95. The van der Waals surface area contributed by atoms with Crippen molar-refractivity contribution in [2.45, 2.75) is 39.0 Å². The standard InChI is InChI=1S/C13H21N2PS2/c1-10(2)16(18,11(3)4)15(13(14)17)12-8-6-5-7-9-12/h5-11H,1-4H3,(H2,14,17). The molecule has 2 nitrogen and oxygen atoms in total. The molecule has 0 amide bonds. The van der Waals surface area contributed by atoms with Crippen molar-refractivity contribution >= 4 is 41.0 Å². The normalized spacial score (nSPS) is 11.9. The number of thiocarbonyl (C=S) groups is 1. The van der Waals surface area contributed by atoms with Crippen LogP contribution in [0, 0.1) is 0 Å². The maximum absolute atomic E-state index is 6.00. The van der Waals surface area contributed by atoms with E-state index >= 15 is 0 Å². The fourth-order valence-electron chi connectivity index (χ4n) is 2.09. The van der Waals surface area contributed by atoms with Crippen LogP contribution in [0.3, 0.4) is 0 Å². The van der Waals surface area contributed by atoms with Gasteiger partial charge >= 0.3 is 0 Å². The fraction of sp³-hybridized carbons (Fsp3) is 0.462. The molecule has 0 heterocycles. The molecule has 0 saturated heterocycles. The molecule has 5 heteroatoms. The van der Waals surface area contributed by atoms with Crippen molar-refractivity contribution in [3.05, 3.63) is 30.3 Å². The Labute approximate surface area is 121 Å². The second-order valence-corrected chi connectivity index (χ2v) is 10.8. The van der Waals surface area contributed by atoms with E-state index in [0.717, 1.165) is 5.69 Å². The van der Waals surface area contributed by atoms with Crippen LogP contribution < -0.4 is 10.4 Å². The summed E-state index contributed by atoms with van der Waals surface area (Å²) in [5, 5.41) is 0.381. The number of hydrogen-bond acceptors (Lipinski definition) is 2. The van der Waals surface area contributed by atoms with Gasteiger partial charge in [0.1, 0.15) is 0 Å². The number of para-hydroxylation sites is 1. The first-order valence-corrected chi connectivity index (χ1v) is 9.36. The Morgan fingerprint density at radius 1 is 1.11 bits per heavy atom. The van der Waals surface area contributed by atoms with Crippen LogP contribution in [0.1, 0.15) is 27.7 Å². The van der Waals surface area contributed by atoms with Crippen molar-refractivity contribution in [2.24, 2.45) is 5.73 Å². The smallest absolute Gasteiger partial charge is 0.174 e. The van der Waals surface area contributed by atoms with E-state index in [2.05, 4.69) is 27.7 Å². The molecular formula is C13H21N2PS2. The van der Waals surface area contributed by atoms with E-state index in [4.69, 9.17) is 29.8 Å². The van der Waals surface area contributed by atoms with Crippen molar-refractivity contribution in [2.75, 3.05) is 4.67 Å². The van der Waals surface area contributed by atoms with Gasteiger partial charge in [-0.05, 0) is 24.4 Å². The van der Waals surface area contributed by atoms with Gasteiger partial charge in [0.05, 0.1) is 0 Å². The lowest BCUT2D eigenvalue weighted by Gasteiger charge is -2.41. The minimum Gasteiger partial charge on any atom is -0.376 e. The van der Waals surface area contributed by atoms with Crippen molar-refractivity contribution < 1.29 is 0 Å². The molecule has 1 aromatic carbocycles. The number of hydrogen-bond donors (Lipinski definition) is 1. The van der Waals surface area contributed by atoms with Crippen LogP contribution in [-0.4, -0.2) is 16.4 Å². The van der Waals surface area contributed by atoms with Crippen molar-refractivity contribution in [1.82, 2.24) is 0 Å². The molecule has 0 saturated carbocycles. The van der Waals surface area contributed by atoms with Gasteiger partial charge in [-0.3, -0.25) is 4.67 Å². The molecule has 0 radical (unpaired) electrons. The quantitative estimate of drug-likeness (QED) is 0.673. The van der Waals surface area contributed by atoms with E-state index in [9.17, 15) is 0 Å². The molecule has 0 spiro atoms. The van der Waals surface area contributed by atoms with E-state index in [1.807, 2.05) is 35.0 Å². The summed E-state index contributed by atoms with van der Waals surface area (Å²) in [6.07, 6.45) is -1.85. The summed E-state index contributed by atoms with van der Waals surface area (Å²) >= 11 is 11.2. The molecule has 0 aromatic heterocycles. The number of anilines is 1. The third kappa shape index (κ3) is 2.93. The maximum Gasteiger partial charge on any atom is 0.174 e.